The van der Waals surface area contributed by atoms with E-state index in [1.54, 1.807) is 23.1 Å². The van der Waals surface area contributed by atoms with E-state index in [0.717, 1.165) is 10.8 Å². The van der Waals surface area contributed by atoms with Crippen molar-refractivity contribution >= 4 is 23.1 Å². The molecule has 1 aliphatic rings. The lowest BCUT2D eigenvalue weighted by atomic mass is 9.90. The van der Waals surface area contributed by atoms with Gasteiger partial charge in [-0.15, -0.1) is 11.3 Å². The minimum Gasteiger partial charge on any atom is -0.238 e. The van der Waals surface area contributed by atoms with Crippen LogP contribution in [0.1, 0.15) is 25.7 Å². The predicted molar refractivity (Wildman–Crippen MR) is 59.3 cm³/mol. The van der Waals surface area contributed by atoms with Crippen molar-refractivity contribution in [1.82, 2.24) is 4.98 Å². The molecule has 74 valence electrons. The van der Waals surface area contributed by atoms with Crippen molar-refractivity contribution < 1.29 is 0 Å². The van der Waals surface area contributed by atoms with Crippen molar-refractivity contribution in [1.29, 1.82) is 5.26 Å². The van der Waals surface area contributed by atoms with Gasteiger partial charge in [0, 0.05) is 16.8 Å². The van der Waals surface area contributed by atoms with Crippen LogP contribution in [0, 0.1) is 17.2 Å². The smallest absolute Gasteiger partial charge is 0.150 e. The lowest BCUT2D eigenvalue weighted by Crippen LogP contribution is -2.20. The van der Waals surface area contributed by atoms with Gasteiger partial charge in [-0.3, -0.25) is 0 Å². The van der Waals surface area contributed by atoms with Gasteiger partial charge in [0.2, 0.25) is 0 Å². The van der Waals surface area contributed by atoms with Crippen LogP contribution < -0.4 is 0 Å². The molecule has 0 N–H and O–H groups in total. The highest BCUT2D eigenvalue weighted by Crippen LogP contribution is 2.37. The molecule has 1 aliphatic carbocycles. The summed E-state index contributed by atoms with van der Waals surface area (Å²) in [5.41, 5.74) is 0. The van der Waals surface area contributed by atoms with Crippen LogP contribution in [-0.2, 0) is 0 Å². The number of nitrogens with zero attached hydrogens (tertiary/aromatic N) is 2. The molecule has 4 heteroatoms. The van der Waals surface area contributed by atoms with E-state index in [4.69, 9.17) is 5.26 Å². The number of aromatic nitrogens is 1. The Kier molecular flexibility index (Phi) is 3.44. The first kappa shape index (κ1) is 10.0. The minimum atomic E-state index is 0.234. The first-order valence-electron chi connectivity index (χ1n) is 4.86. The largest absolute Gasteiger partial charge is 0.238 e. The zero-order chi connectivity index (χ0) is 9.80. The zero-order valence-corrected chi connectivity index (χ0v) is 9.48. The Bertz CT molecular complexity index is 315. The molecule has 0 aromatic carbocycles. The van der Waals surface area contributed by atoms with Crippen molar-refractivity contribution in [3.8, 4) is 6.07 Å². The summed E-state index contributed by atoms with van der Waals surface area (Å²) in [7, 11) is 0. The van der Waals surface area contributed by atoms with E-state index < -0.39 is 0 Å². The third kappa shape index (κ3) is 2.28. The van der Waals surface area contributed by atoms with Crippen molar-refractivity contribution in [2.75, 3.05) is 0 Å². The topological polar surface area (TPSA) is 36.7 Å². The SMILES string of the molecule is N#CC1CCCCC1Sc1nccs1. The molecule has 1 aromatic heterocycles. The van der Waals surface area contributed by atoms with Crippen LogP contribution in [0.5, 0.6) is 0 Å². The monoisotopic (exact) mass is 224 g/mol. The molecule has 1 saturated carbocycles. The van der Waals surface area contributed by atoms with Gasteiger partial charge in [-0.2, -0.15) is 5.26 Å². The highest BCUT2D eigenvalue weighted by atomic mass is 32.2. The quantitative estimate of drug-likeness (QED) is 0.773. The molecule has 2 unspecified atom stereocenters. The van der Waals surface area contributed by atoms with E-state index in [-0.39, 0.29) is 5.92 Å². The third-order valence-corrected chi connectivity index (χ3v) is 4.85. The number of hydrogen-bond acceptors (Lipinski definition) is 4. The molecule has 1 aromatic rings. The number of nitriles is 1. The fourth-order valence-corrected chi connectivity index (χ4v) is 3.93. The van der Waals surface area contributed by atoms with E-state index >= 15 is 0 Å². The van der Waals surface area contributed by atoms with Crippen LogP contribution in [-0.4, -0.2) is 10.2 Å². The molecule has 1 heterocycles. The predicted octanol–water partition coefficient (Wildman–Crippen LogP) is 3.32. The maximum absolute atomic E-state index is 9.01. The van der Waals surface area contributed by atoms with Crippen molar-refractivity contribution in [2.45, 2.75) is 35.3 Å². The Labute approximate surface area is 92.4 Å². The Hall–Kier alpha value is -0.530. The average Bonchev–Trinajstić information content (AvgIpc) is 2.71. The summed E-state index contributed by atoms with van der Waals surface area (Å²) in [4.78, 5) is 4.25. The molecule has 2 nitrogen and oxygen atoms in total. The summed E-state index contributed by atoms with van der Waals surface area (Å²) < 4.78 is 1.11. The van der Waals surface area contributed by atoms with Crippen molar-refractivity contribution in [3.63, 3.8) is 0 Å². The van der Waals surface area contributed by atoms with E-state index in [1.165, 1.54) is 19.3 Å². The number of thiazole rings is 1. The van der Waals surface area contributed by atoms with Crippen LogP contribution in [0.15, 0.2) is 15.9 Å². The third-order valence-electron chi connectivity index (χ3n) is 2.53. The molecular formula is C10H12N2S2. The average molecular weight is 224 g/mol. The van der Waals surface area contributed by atoms with Gasteiger partial charge in [0.25, 0.3) is 0 Å². The summed E-state index contributed by atoms with van der Waals surface area (Å²) in [6.07, 6.45) is 6.55. The lowest BCUT2D eigenvalue weighted by Gasteiger charge is -2.24. The molecule has 0 radical (unpaired) electrons. The molecule has 0 bridgehead atoms. The Morgan fingerprint density at radius 2 is 2.36 bits per heavy atom. The summed E-state index contributed by atoms with van der Waals surface area (Å²) in [6.45, 7) is 0. The molecule has 2 atom stereocenters. The van der Waals surface area contributed by atoms with Crippen LogP contribution in [0.3, 0.4) is 0 Å². The molecule has 0 aliphatic heterocycles. The standard InChI is InChI=1S/C10H12N2S2/c11-7-8-3-1-2-4-9(8)14-10-12-5-6-13-10/h5-6,8-9H,1-4H2. The van der Waals surface area contributed by atoms with Gasteiger partial charge in [-0.25, -0.2) is 4.98 Å². The van der Waals surface area contributed by atoms with Crippen LogP contribution in [0.4, 0.5) is 0 Å². The zero-order valence-electron chi connectivity index (χ0n) is 7.85. The highest BCUT2D eigenvalue weighted by Gasteiger charge is 2.26. The van der Waals surface area contributed by atoms with E-state index in [1.807, 2.05) is 11.6 Å². The van der Waals surface area contributed by atoms with Gasteiger partial charge < -0.3 is 0 Å². The van der Waals surface area contributed by atoms with Gasteiger partial charge in [0.1, 0.15) is 4.34 Å². The number of hydrogen-bond donors (Lipinski definition) is 0. The second kappa shape index (κ2) is 4.81. The summed E-state index contributed by atoms with van der Waals surface area (Å²) in [6, 6.07) is 2.42. The molecular weight excluding hydrogens is 212 g/mol. The molecule has 0 saturated heterocycles. The minimum absolute atomic E-state index is 0.234. The summed E-state index contributed by atoms with van der Waals surface area (Å²) in [5, 5.41) is 11.5. The molecule has 0 spiro atoms. The van der Waals surface area contributed by atoms with Crippen LogP contribution >= 0.6 is 23.1 Å². The van der Waals surface area contributed by atoms with Crippen LogP contribution in [0.25, 0.3) is 0 Å². The van der Waals surface area contributed by atoms with E-state index in [2.05, 4.69) is 11.1 Å². The molecule has 14 heavy (non-hydrogen) atoms. The second-order valence-electron chi connectivity index (χ2n) is 3.47. The van der Waals surface area contributed by atoms with Gasteiger partial charge in [0.05, 0.1) is 12.0 Å². The maximum atomic E-state index is 9.01. The van der Waals surface area contributed by atoms with Gasteiger partial charge in [-0.1, -0.05) is 24.6 Å². The number of thioether (sulfide) groups is 1. The first-order valence-corrected chi connectivity index (χ1v) is 6.62. The first-order chi connectivity index (χ1) is 6.90. The normalized spacial score (nSPS) is 27.1. The second-order valence-corrected chi connectivity index (χ2v) is 5.86. The molecule has 1 fully saturated rings. The van der Waals surface area contributed by atoms with Crippen molar-refractivity contribution in [3.05, 3.63) is 11.6 Å². The highest BCUT2D eigenvalue weighted by molar-refractivity contribution is 8.01. The van der Waals surface area contributed by atoms with E-state index in [0.29, 0.717) is 5.25 Å². The van der Waals surface area contributed by atoms with E-state index in [9.17, 15) is 0 Å². The Balaban J connectivity index is 1.99. The van der Waals surface area contributed by atoms with Gasteiger partial charge in [-0.05, 0) is 12.8 Å². The Morgan fingerprint density at radius 3 is 3.07 bits per heavy atom. The number of rotatable bonds is 2. The summed E-state index contributed by atoms with van der Waals surface area (Å²) in [5.74, 6) is 0.234. The Morgan fingerprint density at radius 1 is 1.50 bits per heavy atom. The fraction of sp³-hybridized carbons (Fsp3) is 0.600. The summed E-state index contributed by atoms with van der Waals surface area (Å²) >= 11 is 3.46. The van der Waals surface area contributed by atoms with Gasteiger partial charge in [0.15, 0.2) is 0 Å². The van der Waals surface area contributed by atoms with Crippen molar-refractivity contribution in [2.24, 2.45) is 5.92 Å². The molecule has 2 rings (SSSR count). The maximum Gasteiger partial charge on any atom is 0.150 e. The van der Waals surface area contributed by atoms with Gasteiger partial charge >= 0.3 is 0 Å². The fourth-order valence-electron chi connectivity index (χ4n) is 1.78. The molecule has 0 amide bonds. The van der Waals surface area contributed by atoms with Crippen LogP contribution in [0.2, 0.25) is 0 Å². The lowest BCUT2D eigenvalue weighted by molar-refractivity contribution is 0.439.